The summed E-state index contributed by atoms with van der Waals surface area (Å²) >= 11 is 5.81. The van der Waals surface area contributed by atoms with Crippen LogP contribution in [0.25, 0.3) is 0 Å². The van der Waals surface area contributed by atoms with E-state index in [9.17, 15) is 14.4 Å². The first-order valence-electron chi connectivity index (χ1n) is 8.16. The third-order valence-electron chi connectivity index (χ3n) is 5.55. The molecule has 0 unspecified atom stereocenters. The van der Waals surface area contributed by atoms with Crippen molar-refractivity contribution in [3.8, 4) is 0 Å². The zero-order valence-electron chi connectivity index (χ0n) is 13.1. The molecule has 1 aromatic rings. The Labute approximate surface area is 144 Å². The number of carbonyl (C=O) groups excluding carboxylic acids is 3. The quantitative estimate of drug-likeness (QED) is 0.618. The number of halogens is 1. The lowest BCUT2D eigenvalue weighted by Crippen LogP contribution is -2.36. The van der Waals surface area contributed by atoms with Crippen LogP contribution in [-0.4, -0.2) is 29.9 Å². The maximum absolute atomic E-state index is 12.6. The second-order valence-corrected chi connectivity index (χ2v) is 7.31. The topological polar surface area (TPSA) is 69.7 Å². The van der Waals surface area contributed by atoms with E-state index in [1.54, 1.807) is 31.2 Å². The lowest BCUT2D eigenvalue weighted by Gasteiger charge is -2.24. The Kier molecular flexibility index (Phi) is 3.64. The number of esters is 2. The summed E-state index contributed by atoms with van der Waals surface area (Å²) in [5.41, 5.74) is 0.438. The molecule has 4 rings (SSSR count). The molecular formula is C18H17ClO5. The fourth-order valence-corrected chi connectivity index (χ4v) is 4.61. The van der Waals surface area contributed by atoms with Crippen molar-refractivity contribution in [3.05, 3.63) is 34.9 Å². The van der Waals surface area contributed by atoms with Gasteiger partial charge in [0.1, 0.15) is 6.10 Å². The number of hydrogen-bond acceptors (Lipinski definition) is 5. The van der Waals surface area contributed by atoms with Crippen LogP contribution >= 0.6 is 11.6 Å². The minimum Gasteiger partial charge on any atom is -0.462 e. The van der Waals surface area contributed by atoms with Crippen LogP contribution in [0.2, 0.25) is 5.02 Å². The van der Waals surface area contributed by atoms with Gasteiger partial charge >= 0.3 is 11.9 Å². The van der Waals surface area contributed by atoms with Crippen LogP contribution < -0.4 is 0 Å². The van der Waals surface area contributed by atoms with Crippen LogP contribution in [0, 0.1) is 23.7 Å². The average Bonchev–Trinajstić information content (AvgIpc) is 3.16. The molecule has 6 atom stereocenters. The number of benzene rings is 1. The van der Waals surface area contributed by atoms with Gasteiger partial charge in [0.15, 0.2) is 6.10 Å². The highest BCUT2D eigenvalue weighted by Crippen LogP contribution is 2.58. The molecule has 3 aliphatic rings. The Morgan fingerprint density at radius 2 is 1.96 bits per heavy atom. The van der Waals surface area contributed by atoms with E-state index in [0.29, 0.717) is 10.6 Å². The molecule has 0 amide bonds. The molecule has 0 aromatic heterocycles. The number of ketones is 1. The lowest BCUT2D eigenvalue weighted by molar-refractivity contribution is -0.157. The molecule has 24 heavy (non-hydrogen) atoms. The Hall–Kier alpha value is -1.88. The van der Waals surface area contributed by atoms with Crippen LogP contribution in [0.4, 0.5) is 0 Å². The largest absolute Gasteiger partial charge is 0.462 e. The number of rotatable bonds is 4. The number of Topliss-reactive ketones (excluding diaryl/α,β-unsaturated/α-hetero) is 1. The van der Waals surface area contributed by atoms with Crippen molar-refractivity contribution in [3.63, 3.8) is 0 Å². The molecule has 2 aliphatic carbocycles. The van der Waals surface area contributed by atoms with E-state index < -0.39 is 18.0 Å². The van der Waals surface area contributed by atoms with E-state index in [0.717, 1.165) is 12.8 Å². The van der Waals surface area contributed by atoms with E-state index in [-0.39, 0.29) is 35.6 Å². The first-order chi connectivity index (χ1) is 11.5. The summed E-state index contributed by atoms with van der Waals surface area (Å²) in [5.74, 6) is -1.62. The van der Waals surface area contributed by atoms with Gasteiger partial charge in [-0.05, 0) is 49.9 Å². The number of ether oxygens (including phenoxy) is 2. The Balaban J connectivity index is 1.45. The van der Waals surface area contributed by atoms with Crippen LogP contribution in [0.1, 0.15) is 30.1 Å². The van der Waals surface area contributed by atoms with Gasteiger partial charge in [0, 0.05) is 16.5 Å². The van der Waals surface area contributed by atoms with Crippen LogP contribution in [0.5, 0.6) is 0 Å². The monoisotopic (exact) mass is 348 g/mol. The van der Waals surface area contributed by atoms with Gasteiger partial charge in [0.2, 0.25) is 5.78 Å². The summed E-state index contributed by atoms with van der Waals surface area (Å²) in [4.78, 5) is 36.9. The molecule has 1 heterocycles. The van der Waals surface area contributed by atoms with Crippen LogP contribution in [-0.2, 0) is 19.1 Å². The molecule has 126 valence electrons. The van der Waals surface area contributed by atoms with Crippen LogP contribution in [0.15, 0.2) is 24.3 Å². The summed E-state index contributed by atoms with van der Waals surface area (Å²) in [6, 6.07) is 6.44. The van der Waals surface area contributed by atoms with Gasteiger partial charge in [-0.15, -0.1) is 0 Å². The van der Waals surface area contributed by atoms with Crippen molar-refractivity contribution < 1.29 is 23.9 Å². The molecule has 0 spiro atoms. The van der Waals surface area contributed by atoms with Crippen molar-refractivity contribution in [2.24, 2.45) is 23.7 Å². The maximum Gasteiger partial charge on any atom is 0.310 e. The third-order valence-corrected chi connectivity index (χ3v) is 5.80. The molecule has 6 heteroatoms. The van der Waals surface area contributed by atoms with Gasteiger partial charge in [-0.25, -0.2) is 0 Å². The van der Waals surface area contributed by atoms with E-state index in [1.807, 2.05) is 0 Å². The van der Waals surface area contributed by atoms with Gasteiger partial charge in [-0.2, -0.15) is 0 Å². The Morgan fingerprint density at radius 3 is 2.67 bits per heavy atom. The highest BCUT2D eigenvalue weighted by Gasteiger charge is 2.64. The standard InChI is InChI=1S/C18H17ClO5/c1-8(16(20)9-2-4-11(19)5-3-9)23-17(21)14-10-6-12-13(7-10)24-18(22)15(12)14/h2-5,8,10,12-15H,6-7H2,1H3/t8-,10+,12-,13+,14+,15-/m0/s1. The molecule has 0 N–H and O–H groups in total. The van der Waals surface area contributed by atoms with Gasteiger partial charge in [0.05, 0.1) is 11.8 Å². The predicted molar refractivity (Wildman–Crippen MR) is 84.4 cm³/mol. The summed E-state index contributed by atoms with van der Waals surface area (Å²) in [6.07, 6.45) is 0.641. The fourth-order valence-electron chi connectivity index (χ4n) is 4.48. The average molecular weight is 349 g/mol. The Morgan fingerprint density at radius 1 is 1.25 bits per heavy atom. The summed E-state index contributed by atoms with van der Waals surface area (Å²) in [7, 11) is 0. The van der Waals surface area contributed by atoms with E-state index in [1.165, 1.54) is 0 Å². The van der Waals surface area contributed by atoms with Gasteiger partial charge < -0.3 is 9.47 Å². The summed E-state index contributed by atoms with van der Waals surface area (Å²) < 4.78 is 10.7. The van der Waals surface area contributed by atoms with Crippen molar-refractivity contribution >= 4 is 29.3 Å². The molecule has 2 bridgehead atoms. The normalized spacial score (nSPS) is 34.1. The molecule has 3 fully saturated rings. The zero-order valence-corrected chi connectivity index (χ0v) is 13.9. The smallest absolute Gasteiger partial charge is 0.310 e. The van der Waals surface area contributed by atoms with E-state index >= 15 is 0 Å². The van der Waals surface area contributed by atoms with Crippen LogP contribution in [0.3, 0.4) is 0 Å². The molecule has 1 aliphatic heterocycles. The van der Waals surface area contributed by atoms with Gasteiger partial charge in [-0.3, -0.25) is 14.4 Å². The lowest BCUT2D eigenvalue weighted by atomic mass is 9.80. The van der Waals surface area contributed by atoms with Crippen molar-refractivity contribution in [2.75, 3.05) is 0 Å². The first-order valence-corrected chi connectivity index (χ1v) is 8.54. The second-order valence-electron chi connectivity index (χ2n) is 6.87. The zero-order chi connectivity index (χ0) is 17.0. The SMILES string of the molecule is C[C@H](OC(=O)[C@@H]1[C@@H]2C[C@@H]3[C@@H]1C(=O)O[C@@H]3C2)C(=O)c1ccc(Cl)cc1. The molecule has 1 saturated heterocycles. The number of carbonyl (C=O) groups is 3. The highest BCUT2D eigenvalue weighted by molar-refractivity contribution is 6.30. The third kappa shape index (κ3) is 2.34. The molecule has 2 saturated carbocycles. The van der Waals surface area contributed by atoms with Crippen molar-refractivity contribution in [1.82, 2.24) is 0 Å². The van der Waals surface area contributed by atoms with E-state index in [2.05, 4.69) is 0 Å². The second kappa shape index (κ2) is 5.59. The number of fused-ring (bicyclic) bond motifs is 1. The molecule has 0 radical (unpaired) electrons. The number of hydrogen-bond donors (Lipinski definition) is 0. The minimum absolute atomic E-state index is 0.0235. The first kappa shape index (κ1) is 15.6. The fraction of sp³-hybridized carbons (Fsp3) is 0.500. The van der Waals surface area contributed by atoms with Crippen molar-refractivity contribution in [2.45, 2.75) is 32.0 Å². The molecule has 1 aromatic carbocycles. The molecule has 5 nitrogen and oxygen atoms in total. The minimum atomic E-state index is -0.897. The van der Waals surface area contributed by atoms with Gasteiger partial charge in [-0.1, -0.05) is 11.6 Å². The molecular weight excluding hydrogens is 332 g/mol. The maximum atomic E-state index is 12.6. The summed E-state index contributed by atoms with van der Waals surface area (Å²) in [5, 5.41) is 0.535. The predicted octanol–water partition coefficient (Wildman–Crippen LogP) is 2.65. The van der Waals surface area contributed by atoms with E-state index in [4.69, 9.17) is 21.1 Å². The Bertz CT molecular complexity index is 711. The highest BCUT2D eigenvalue weighted by atomic mass is 35.5. The van der Waals surface area contributed by atoms with Crippen molar-refractivity contribution in [1.29, 1.82) is 0 Å². The van der Waals surface area contributed by atoms with Gasteiger partial charge in [0.25, 0.3) is 0 Å². The summed E-state index contributed by atoms with van der Waals surface area (Å²) in [6.45, 7) is 1.55.